The number of imidazole rings is 1. The first-order valence-corrected chi connectivity index (χ1v) is 11.0. The van der Waals surface area contributed by atoms with Crippen molar-refractivity contribution in [1.82, 2.24) is 9.55 Å². The number of nitrogens with zero attached hydrogens (tertiary/aromatic N) is 2. The Kier molecular flexibility index (Phi) is 7.17. The average molecular weight is 435 g/mol. The van der Waals surface area contributed by atoms with Crippen molar-refractivity contribution in [3.05, 3.63) is 84.0 Å². The molecule has 1 heterocycles. The van der Waals surface area contributed by atoms with Crippen molar-refractivity contribution in [2.24, 2.45) is 0 Å². The van der Waals surface area contributed by atoms with Gasteiger partial charge in [0.1, 0.15) is 11.9 Å². The predicted molar refractivity (Wildman–Crippen MR) is 124 cm³/mol. The lowest BCUT2D eigenvalue weighted by molar-refractivity contribution is 0.0778. The van der Waals surface area contributed by atoms with Crippen molar-refractivity contribution in [1.29, 1.82) is 0 Å². The molecule has 6 nitrogen and oxygen atoms in total. The van der Waals surface area contributed by atoms with Crippen LogP contribution in [0.15, 0.2) is 67.0 Å². The second-order valence-electron chi connectivity index (χ2n) is 8.20. The summed E-state index contributed by atoms with van der Waals surface area (Å²) in [6, 6.07) is 16.6. The van der Waals surface area contributed by atoms with Crippen molar-refractivity contribution in [2.75, 3.05) is 19.8 Å². The van der Waals surface area contributed by atoms with E-state index in [4.69, 9.17) is 9.84 Å². The highest BCUT2D eigenvalue weighted by atomic mass is 16.5. The Balaban J connectivity index is 1.40. The van der Waals surface area contributed by atoms with E-state index in [9.17, 15) is 10.2 Å². The Morgan fingerprint density at radius 1 is 1.09 bits per heavy atom. The Labute approximate surface area is 188 Å². The van der Waals surface area contributed by atoms with E-state index in [-0.39, 0.29) is 25.4 Å². The van der Waals surface area contributed by atoms with Crippen LogP contribution >= 0.6 is 0 Å². The first-order chi connectivity index (χ1) is 15.6. The first kappa shape index (κ1) is 22.4. The molecule has 0 radical (unpaired) electrons. The number of aliphatic hydroxyl groups excluding tert-OH is 3. The highest BCUT2D eigenvalue weighted by molar-refractivity contribution is 5.66. The molecule has 0 amide bonds. The van der Waals surface area contributed by atoms with Crippen LogP contribution in [0.1, 0.15) is 48.4 Å². The predicted octanol–water partition coefficient (Wildman–Crippen LogP) is 3.72. The highest BCUT2D eigenvalue weighted by Crippen LogP contribution is 2.43. The van der Waals surface area contributed by atoms with Crippen LogP contribution in [0.3, 0.4) is 0 Å². The number of hydrogen-bond acceptors (Lipinski definition) is 5. The van der Waals surface area contributed by atoms with Gasteiger partial charge in [-0.15, -0.1) is 0 Å². The van der Waals surface area contributed by atoms with Crippen LogP contribution in [0.4, 0.5) is 0 Å². The third kappa shape index (κ3) is 5.16. The molecule has 0 spiro atoms. The van der Waals surface area contributed by atoms with Crippen LogP contribution in [-0.4, -0.2) is 50.8 Å². The van der Waals surface area contributed by atoms with Crippen molar-refractivity contribution >= 4 is 6.08 Å². The molecule has 32 heavy (non-hydrogen) atoms. The summed E-state index contributed by atoms with van der Waals surface area (Å²) in [5.41, 5.74) is 4.61. The molecule has 1 unspecified atom stereocenters. The van der Waals surface area contributed by atoms with Crippen molar-refractivity contribution in [2.45, 2.75) is 37.5 Å². The zero-order chi connectivity index (χ0) is 22.5. The number of rotatable bonds is 10. The van der Waals surface area contributed by atoms with Crippen LogP contribution in [0.5, 0.6) is 0 Å². The molecule has 0 aliphatic heterocycles. The Morgan fingerprint density at radius 3 is 2.41 bits per heavy atom. The molecule has 168 valence electrons. The van der Waals surface area contributed by atoms with E-state index in [2.05, 4.69) is 53.5 Å². The number of aromatic nitrogens is 2. The maximum absolute atomic E-state index is 9.86. The monoisotopic (exact) mass is 434 g/mol. The molecule has 3 N–H and O–H groups in total. The molecule has 1 aliphatic carbocycles. The summed E-state index contributed by atoms with van der Waals surface area (Å²) in [6.45, 7) is 2.06. The van der Waals surface area contributed by atoms with Gasteiger partial charge in [-0.3, -0.25) is 0 Å². The quantitative estimate of drug-likeness (QED) is 0.453. The maximum atomic E-state index is 9.86. The number of benzene rings is 2. The number of hydrogen-bond donors (Lipinski definition) is 3. The zero-order valence-electron chi connectivity index (χ0n) is 18.2. The summed E-state index contributed by atoms with van der Waals surface area (Å²) in [4.78, 5) is 4.17. The van der Waals surface area contributed by atoms with Gasteiger partial charge in [-0.2, -0.15) is 0 Å². The molecule has 0 bridgehead atoms. The van der Waals surface area contributed by atoms with E-state index in [1.165, 1.54) is 5.56 Å². The summed E-state index contributed by atoms with van der Waals surface area (Å²) in [5.74, 6) is 0.970. The Bertz CT molecular complexity index is 1020. The zero-order valence-corrected chi connectivity index (χ0v) is 18.2. The van der Waals surface area contributed by atoms with Crippen LogP contribution in [-0.2, 0) is 4.74 Å². The molecule has 4 atom stereocenters. The van der Waals surface area contributed by atoms with Gasteiger partial charge in [-0.05, 0) is 35.6 Å². The van der Waals surface area contributed by atoms with Crippen LogP contribution in [0.2, 0.25) is 0 Å². The van der Waals surface area contributed by atoms with Crippen LogP contribution < -0.4 is 0 Å². The highest BCUT2D eigenvalue weighted by Gasteiger charge is 2.39. The molecule has 1 fully saturated rings. The number of ether oxygens (including phenoxy) is 1. The van der Waals surface area contributed by atoms with E-state index < -0.39 is 6.10 Å². The third-order valence-electron chi connectivity index (χ3n) is 5.87. The van der Waals surface area contributed by atoms with Crippen molar-refractivity contribution in [3.8, 4) is 11.1 Å². The van der Waals surface area contributed by atoms with Gasteiger partial charge in [0.15, 0.2) is 0 Å². The average Bonchev–Trinajstić information content (AvgIpc) is 3.43. The van der Waals surface area contributed by atoms with E-state index in [1.807, 2.05) is 12.2 Å². The molecule has 2 aromatic carbocycles. The Hall–Kier alpha value is -2.77. The van der Waals surface area contributed by atoms with E-state index >= 15 is 0 Å². The lowest BCUT2D eigenvalue weighted by Crippen LogP contribution is -2.14. The molecule has 1 aliphatic rings. The van der Waals surface area contributed by atoms with E-state index in [1.54, 1.807) is 23.9 Å². The van der Waals surface area contributed by atoms with Gasteiger partial charge < -0.3 is 24.6 Å². The fourth-order valence-corrected chi connectivity index (χ4v) is 4.01. The fraction of sp³-hybridized carbons (Fsp3) is 0.346. The van der Waals surface area contributed by atoms with E-state index in [0.29, 0.717) is 18.3 Å². The summed E-state index contributed by atoms with van der Waals surface area (Å²) >= 11 is 0. The maximum Gasteiger partial charge on any atom is 0.137 e. The molecule has 1 saturated carbocycles. The summed E-state index contributed by atoms with van der Waals surface area (Å²) in [7, 11) is 0. The van der Waals surface area contributed by atoms with Gasteiger partial charge >= 0.3 is 0 Å². The summed E-state index contributed by atoms with van der Waals surface area (Å²) < 4.78 is 7.39. The van der Waals surface area contributed by atoms with Gasteiger partial charge in [0.05, 0.1) is 32.0 Å². The largest absolute Gasteiger partial charge is 0.394 e. The molecule has 0 saturated heterocycles. The molecule has 4 rings (SSSR count). The normalized spacial score (nSPS) is 19.9. The van der Waals surface area contributed by atoms with Gasteiger partial charge in [-0.25, -0.2) is 4.98 Å². The molecular formula is C26H30N2O4. The minimum absolute atomic E-state index is 0.0699. The lowest BCUT2D eigenvalue weighted by Gasteiger charge is -2.16. The minimum Gasteiger partial charge on any atom is -0.394 e. The Morgan fingerprint density at radius 2 is 1.78 bits per heavy atom. The number of aliphatic hydroxyl groups is 3. The first-order valence-electron chi connectivity index (χ1n) is 11.0. The minimum atomic E-state index is -0.697. The third-order valence-corrected chi connectivity index (χ3v) is 5.87. The van der Waals surface area contributed by atoms with Gasteiger partial charge in [0, 0.05) is 18.3 Å². The van der Waals surface area contributed by atoms with Crippen molar-refractivity contribution < 1.29 is 20.1 Å². The van der Waals surface area contributed by atoms with Gasteiger partial charge in [0.2, 0.25) is 0 Å². The topological polar surface area (TPSA) is 87.7 Å². The second kappa shape index (κ2) is 10.2. The smallest absolute Gasteiger partial charge is 0.137 e. The molecule has 3 aromatic rings. The molecule has 1 aromatic heterocycles. The van der Waals surface area contributed by atoms with Crippen molar-refractivity contribution in [3.63, 3.8) is 0 Å². The van der Waals surface area contributed by atoms with E-state index in [0.717, 1.165) is 23.1 Å². The standard InChI is InChI=1S/C26H30N2O4/c1-18(31)26-27-12-13-28(26)23(17-30)11-4-19-2-5-20(6-3-19)21-7-9-22(10-8-21)24-16-25(24)32-15-14-29/h2-13,18,23-25,29-31H,14-17H2,1H3/b11-4+/t18-,23?,24-,25+/m0/s1. The lowest BCUT2D eigenvalue weighted by atomic mass is 10.0. The molecular weight excluding hydrogens is 404 g/mol. The summed E-state index contributed by atoms with van der Waals surface area (Å²) in [6.07, 6.45) is 7.85. The fourth-order valence-electron chi connectivity index (χ4n) is 4.01. The summed E-state index contributed by atoms with van der Waals surface area (Å²) in [5, 5.41) is 28.5. The van der Waals surface area contributed by atoms with Gasteiger partial charge in [0.25, 0.3) is 0 Å². The molecule has 6 heteroatoms. The second-order valence-corrected chi connectivity index (χ2v) is 8.20. The SMILES string of the molecule is C[C@H](O)c1nccn1C(/C=C/c1ccc(-c2ccc([C@@H]3C[C@H]3OCCO)cc2)cc1)CO. The van der Waals surface area contributed by atoms with Crippen LogP contribution in [0, 0.1) is 0 Å². The van der Waals surface area contributed by atoms with Gasteiger partial charge in [-0.1, -0.05) is 60.7 Å². The van der Waals surface area contributed by atoms with Crippen LogP contribution in [0.25, 0.3) is 17.2 Å².